The number of para-hydroxylation sites is 1. The first-order valence-electron chi connectivity index (χ1n) is 12.5. The van der Waals surface area contributed by atoms with E-state index in [1.165, 1.54) is 0 Å². The molecule has 1 heterocycles. The van der Waals surface area contributed by atoms with Gasteiger partial charge in [-0.25, -0.2) is 4.79 Å². The molecule has 4 aromatic rings. The number of nitrogens with zero attached hydrogens (tertiary/aromatic N) is 2. The minimum Gasteiger partial charge on any atom is -0.459 e. The van der Waals surface area contributed by atoms with Gasteiger partial charge in [-0.05, 0) is 36.6 Å². The lowest BCUT2D eigenvalue weighted by atomic mass is 9.75. The third kappa shape index (κ3) is 3.97. The van der Waals surface area contributed by atoms with Crippen molar-refractivity contribution in [2.24, 2.45) is 0 Å². The molecule has 4 aromatic carbocycles. The van der Waals surface area contributed by atoms with Gasteiger partial charge in [0.1, 0.15) is 11.6 Å². The number of anilines is 1. The van der Waals surface area contributed by atoms with Crippen LogP contribution in [0.2, 0.25) is 0 Å². The zero-order valence-electron chi connectivity index (χ0n) is 21.2. The number of rotatable bonds is 6. The minimum absolute atomic E-state index is 0.0425. The first-order valence-corrected chi connectivity index (χ1v) is 12.5. The number of amides is 1. The van der Waals surface area contributed by atoms with Crippen molar-refractivity contribution in [2.75, 3.05) is 4.90 Å². The van der Waals surface area contributed by atoms with Crippen LogP contribution in [0.25, 0.3) is 5.57 Å². The van der Waals surface area contributed by atoms with E-state index in [0.29, 0.717) is 11.3 Å². The Kier molecular flexibility index (Phi) is 6.64. The Hall–Kier alpha value is -4.95. The molecule has 0 N–H and O–H groups in total. The van der Waals surface area contributed by atoms with Gasteiger partial charge in [0.2, 0.25) is 0 Å². The molecule has 0 aromatic heterocycles. The smallest absolute Gasteiger partial charge is 0.349 e. The Balaban J connectivity index is 1.89. The van der Waals surface area contributed by atoms with Crippen LogP contribution in [0.15, 0.2) is 121 Å². The van der Waals surface area contributed by atoms with E-state index in [9.17, 15) is 14.9 Å². The number of fused-ring (bicyclic) bond motifs is 1. The maximum atomic E-state index is 14.6. The van der Waals surface area contributed by atoms with Crippen LogP contribution in [-0.2, 0) is 19.9 Å². The van der Waals surface area contributed by atoms with E-state index < -0.39 is 23.5 Å². The fourth-order valence-electron chi connectivity index (χ4n) is 5.19. The molecule has 0 fully saturated rings. The Morgan fingerprint density at radius 3 is 1.66 bits per heavy atom. The number of hydrogen-bond donors (Lipinski definition) is 0. The van der Waals surface area contributed by atoms with E-state index >= 15 is 0 Å². The van der Waals surface area contributed by atoms with E-state index in [1.54, 1.807) is 30.9 Å². The molecular formula is C33H26N2O3. The molecule has 1 amide bonds. The zero-order chi connectivity index (χ0) is 26.7. The first-order chi connectivity index (χ1) is 18.5. The van der Waals surface area contributed by atoms with Gasteiger partial charge in [-0.2, -0.15) is 5.26 Å². The number of carbonyl (C=O) groups is 2. The Morgan fingerprint density at radius 2 is 1.21 bits per heavy atom. The molecule has 5 heteroatoms. The van der Waals surface area contributed by atoms with Gasteiger partial charge >= 0.3 is 5.97 Å². The number of ether oxygens (including phenoxy) is 1. The summed E-state index contributed by atoms with van der Waals surface area (Å²) in [6.07, 6.45) is -0.439. The SMILES string of the molecule is CC(C)OC(=O)/C(C#N)=C1/C(=O)N(C(c2ccccc2)(c2ccccc2)c2ccccc2)c2ccccc21. The molecule has 0 atom stereocenters. The Labute approximate surface area is 222 Å². The summed E-state index contributed by atoms with van der Waals surface area (Å²) in [5, 5.41) is 10.1. The average Bonchev–Trinajstić information content (AvgIpc) is 3.23. The Morgan fingerprint density at radius 1 is 0.763 bits per heavy atom. The molecule has 186 valence electrons. The summed E-state index contributed by atoms with van der Waals surface area (Å²) < 4.78 is 5.36. The van der Waals surface area contributed by atoms with Crippen LogP contribution in [0.4, 0.5) is 5.69 Å². The molecule has 1 aliphatic heterocycles. The van der Waals surface area contributed by atoms with Crippen LogP contribution < -0.4 is 4.90 Å². The second-order valence-corrected chi connectivity index (χ2v) is 9.28. The Bertz CT molecular complexity index is 1460. The third-order valence-electron chi connectivity index (χ3n) is 6.65. The van der Waals surface area contributed by atoms with Gasteiger partial charge in [0, 0.05) is 5.56 Å². The molecule has 0 aliphatic carbocycles. The van der Waals surface area contributed by atoms with Crippen molar-refractivity contribution in [3.05, 3.63) is 143 Å². The highest BCUT2D eigenvalue weighted by molar-refractivity contribution is 6.37. The molecule has 0 radical (unpaired) electrons. The van der Waals surface area contributed by atoms with Crippen molar-refractivity contribution < 1.29 is 14.3 Å². The van der Waals surface area contributed by atoms with E-state index in [2.05, 4.69) is 0 Å². The first kappa shape index (κ1) is 24.7. The monoisotopic (exact) mass is 498 g/mol. The van der Waals surface area contributed by atoms with Gasteiger partial charge in [0.05, 0.1) is 17.4 Å². The van der Waals surface area contributed by atoms with Crippen molar-refractivity contribution in [1.29, 1.82) is 5.26 Å². The fraction of sp³-hybridized carbons (Fsp3) is 0.121. The maximum absolute atomic E-state index is 14.6. The summed E-state index contributed by atoms with van der Waals surface area (Å²) in [5.74, 6) is -1.26. The van der Waals surface area contributed by atoms with Crippen molar-refractivity contribution in [2.45, 2.75) is 25.5 Å². The second-order valence-electron chi connectivity index (χ2n) is 9.28. The highest BCUT2D eigenvalue weighted by Crippen LogP contribution is 2.51. The highest BCUT2D eigenvalue weighted by atomic mass is 16.5. The third-order valence-corrected chi connectivity index (χ3v) is 6.65. The van der Waals surface area contributed by atoms with Crippen LogP contribution >= 0.6 is 0 Å². The number of carbonyl (C=O) groups excluding carboxylic acids is 2. The van der Waals surface area contributed by atoms with Gasteiger partial charge in [-0.1, -0.05) is 109 Å². The molecular weight excluding hydrogens is 472 g/mol. The van der Waals surface area contributed by atoms with Crippen molar-refractivity contribution >= 4 is 23.1 Å². The molecule has 0 spiro atoms. The summed E-state index contributed by atoms with van der Waals surface area (Å²) in [4.78, 5) is 29.4. The molecule has 1 aliphatic rings. The lowest BCUT2D eigenvalue weighted by Gasteiger charge is -2.43. The number of benzene rings is 4. The quantitative estimate of drug-likeness (QED) is 0.136. The van der Waals surface area contributed by atoms with Gasteiger partial charge < -0.3 is 4.74 Å². The molecule has 0 saturated heterocycles. The lowest BCUT2D eigenvalue weighted by molar-refractivity contribution is -0.142. The van der Waals surface area contributed by atoms with Crippen LogP contribution in [-0.4, -0.2) is 18.0 Å². The largest absolute Gasteiger partial charge is 0.459 e. The molecule has 0 unspecified atom stereocenters. The van der Waals surface area contributed by atoms with Gasteiger partial charge in [-0.3, -0.25) is 9.69 Å². The summed E-state index contributed by atoms with van der Waals surface area (Å²) >= 11 is 0. The summed E-state index contributed by atoms with van der Waals surface area (Å²) in [5.41, 5.74) is 2.36. The fourth-order valence-corrected chi connectivity index (χ4v) is 5.19. The van der Waals surface area contributed by atoms with Crippen molar-refractivity contribution in [3.63, 3.8) is 0 Å². The lowest BCUT2D eigenvalue weighted by Crippen LogP contribution is -2.50. The van der Waals surface area contributed by atoms with Crippen LogP contribution in [0, 0.1) is 11.3 Å². The number of nitriles is 1. The predicted molar refractivity (Wildman–Crippen MR) is 147 cm³/mol. The summed E-state index contributed by atoms with van der Waals surface area (Å²) in [7, 11) is 0. The summed E-state index contributed by atoms with van der Waals surface area (Å²) in [6, 6.07) is 38.7. The highest BCUT2D eigenvalue weighted by Gasteiger charge is 2.51. The molecule has 38 heavy (non-hydrogen) atoms. The standard InChI is InChI=1S/C33H26N2O3/c1-23(2)38-32(37)28(22-34)30-27-20-12-13-21-29(27)35(31(30)36)33(24-14-6-3-7-15-24,25-16-8-4-9-17-25)26-18-10-5-11-19-26/h3-21,23H,1-2H3/b30-28+. The molecule has 0 saturated carbocycles. The number of hydrogen-bond acceptors (Lipinski definition) is 4. The van der Waals surface area contributed by atoms with Crippen molar-refractivity contribution in [1.82, 2.24) is 0 Å². The topological polar surface area (TPSA) is 70.4 Å². The van der Waals surface area contributed by atoms with Crippen LogP contribution in [0.5, 0.6) is 0 Å². The van der Waals surface area contributed by atoms with E-state index in [-0.39, 0.29) is 11.1 Å². The molecule has 5 nitrogen and oxygen atoms in total. The predicted octanol–water partition coefficient (Wildman–Crippen LogP) is 6.25. The maximum Gasteiger partial charge on any atom is 0.349 e. The molecule has 5 rings (SSSR count). The second kappa shape index (κ2) is 10.2. The average molecular weight is 499 g/mol. The normalized spacial score (nSPS) is 14.2. The van der Waals surface area contributed by atoms with Gasteiger partial charge in [0.25, 0.3) is 5.91 Å². The van der Waals surface area contributed by atoms with Crippen LogP contribution in [0.3, 0.4) is 0 Å². The van der Waals surface area contributed by atoms with Crippen molar-refractivity contribution in [3.8, 4) is 6.07 Å². The summed E-state index contributed by atoms with van der Waals surface area (Å²) in [6.45, 7) is 3.42. The molecule has 0 bridgehead atoms. The zero-order valence-corrected chi connectivity index (χ0v) is 21.2. The van der Waals surface area contributed by atoms with E-state index in [4.69, 9.17) is 4.74 Å². The minimum atomic E-state index is -1.10. The van der Waals surface area contributed by atoms with Gasteiger partial charge in [-0.15, -0.1) is 0 Å². The van der Waals surface area contributed by atoms with E-state index in [0.717, 1.165) is 16.7 Å². The van der Waals surface area contributed by atoms with Gasteiger partial charge in [0.15, 0.2) is 5.57 Å². The van der Waals surface area contributed by atoms with Crippen LogP contribution in [0.1, 0.15) is 36.1 Å². The number of esters is 1. The van der Waals surface area contributed by atoms with E-state index in [1.807, 2.05) is 109 Å².